The quantitative estimate of drug-likeness (QED) is 0.751. The largest absolute Gasteiger partial charge is 0.486 e. The molecule has 0 radical (unpaired) electrons. The predicted octanol–water partition coefficient (Wildman–Crippen LogP) is 2.03. The number of ether oxygens (including phenoxy) is 1. The molecule has 0 bridgehead atoms. The molecule has 0 aliphatic carbocycles. The van der Waals surface area contributed by atoms with Gasteiger partial charge in [0.15, 0.2) is 5.82 Å². The van der Waals surface area contributed by atoms with Crippen LogP contribution in [0.3, 0.4) is 0 Å². The molecule has 3 aromatic rings. The second kappa shape index (κ2) is 5.96. The second-order valence-electron chi connectivity index (χ2n) is 4.36. The van der Waals surface area contributed by atoms with Gasteiger partial charge in [0.05, 0.1) is 5.69 Å². The molecule has 0 atom stereocenters. The number of hydrogen-bond acceptors (Lipinski definition) is 4. The minimum Gasteiger partial charge on any atom is -0.486 e. The molecule has 106 valence electrons. The second-order valence-corrected chi connectivity index (χ2v) is 4.36. The lowest BCUT2D eigenvalue weighted by Gasteiger charge is -2.09. The fraction of sp³-hybridized carbons (Fsp3) is 0.0667. The van der Waals surface area contributed by atoms with E-state index in [9.17, 15) is 4.79 Å². The van der Waals surface area contributed by atoms with Crippen molar-refractivity contribution in [1.29, 1.82) is 0 Å². The van der Waals surface area contributed by atoms with Gasteiger partial charge in [-0.3, -0.25) is 5.43 Å². The minimum atomic E-state index is -0.342. The Bertz CT molecular complexity index is 750. The number of aromatic nitrogens is 3. The highest BCUT2D eigenvalue weighted by Gasteiger charge is 2.09. The zero-order valence-electron chi connectivity index (χ0n) is 11.2. The summed E-state index contributed by atoms with van der Waals surface area (Å²) in [6.45, 7) is 0.183. The Morgan fingerprint density at radius 2 is 1.71 bits per heavy atom. The molecule has 6 nitrogen and oxygen atoms in total. The molecule has 21 heavy (non-hydrogen) atoms. The molecular weight excluding hydrogens is 268 g/mol. The van der Waals surface area contributed by atoms with Crippen LogP contribution in [0.1, 0.15) is 5.82 Å². The van der Waals surface area contributed by atoms with Crippen molar-refractivity contribution >= 4 is 5.69 Å². The topological polar surface area (TPSA) is 71.9 Å². The van der Waals surface area contributed by atoms with Gasteiger partial charge in [-0.2, -0.15) is 9.77 Å². The zero-order chi connectivity index (χ0) is 14.5. The lowest BCUT2D eigenvalue weighted by molar-refractivity contribution is 0.292. The number of hydrogen-bond donors (Lipinski definition) is 2. The maximum Gasteiger partial charge on any atom is 0.362 e. The third-order valence-corrected chi connectivity index (χ3v) is 2.87. The minimum absolute atomic E-state index is 0.183. The molecule has 3 rings (SSSR count). The first-order valence-electron chi connectivity index (χ1n) is 6.49. The van der Waals surface area contributed by atoms with E-state index < -0.39 is 0 Å². The average molecular weight is 282 g/mol. The zero-order valence-corrected chi connectivity index (χ0v) is 11.2. The van der Waals surface area contributed by atoms with Gasteiger partial charge in [0.25, 0.3) is 0 Å². The van der Waals surface area contributed by atoms with Crippen LogP contribution >= 0.6 is 0 Å². The summed E-state index contributed by atoms with van der Waals surface area (Å²) in [5.41, 5.74) is 3.44. The van der Waals surface area contributed by atoms with Gasteiger partial charge < -0.3 is 4.74 Å². The van der Waals surface area contributed by atoms with Gasteiger partial charge in [0, 0.05) is 0 Å². The molecule has 0 aliphatic heterocycles. The van der Waals surface area contributed by atoms with Gasteiger partial charge in [-0.15, -0.1) is 0 Å². The summed E-state index contributed by atoms with van der Waals surface area (Å²) in [7, 11) is 0. The first-order chi connectivity index (χ1) is 10.3. The van der Waals surface area contributed by atoms with Crippen molar-refractivity contribution in [2.75, 3.05) is 5.43 Å². The molecule has 0 spiro atoms. The molecular formula is C15H14N4O2. The standard InChI is InChI=1S/C15H14N4O2/c20-15-17-16-14(11-21-13-9-5-2-6-10-13)19(15)18-12-7-3-1-4-8-12/h1-10,18H,11H2,(H,17,20). The molecule has 1 heterocycles. The Morgan fingerprint density at radius 3 is 2.43 bits per heavy atom. The maximum absolute atomic E-state index is 11.8. The van der Waals surface area contributed by atoms with Crippen LogP contribution in [0.4, 0.5) is 5.69 Å². The number of nitrogens with zero attached hydrogens (tertiary/aromatic N) is 2. The predicted molar refractivity (Wildman–Crippen MR) is 79.1 cm³/mol. The van der Waals surface area contributed by atoms with Crippen LogP contribution < -0.4 is 15.9 Å². The van der Waals surface area contributed by atoms with E-state index in [1.807, 2.05) is 60.7 Å². The Morgan fingerprint density at radius 1 is 1.05 bits per heavy atom. The molecule has 0 aliphatic rings. The molecule has 2 N–H and O–H groups in total. The number of benzene rings is 2. The smallest absolute Gasteiger partial charge is 0.362 e. The molecule has 2 aromatic carbocycles. The Kier molecular flexibility index (Phi) is 3.68. The van der Waals surface area contributed by atoms with E-state index in [1.54, 1.807) is 0 Å². The molecule has 1 aromatic heterocycles. The molecule has 0 fully saturated rings. The number of para-hydroxylation sites is 2. The molecule has 0 saturated heterocycles. The van der Waals surface area contributed by atoms with E-state index in [0.717, 1.165) is 11.4 Å². The number of rotatable bonds is 5. The van der Waals surface area contributed by atoms with Crippen LogP contribution in [-0.4, -0.2) is 14.9 Å². The Balaban J connectivity index is 1.76. The van der Waals surface area contributed by atoms with E-state index in [2.05, 4.69) is 15.6 Å². The van der Waals surface area contributed by atoms with Crippen LogP contribution in [0, 0.1) is 0 Å². The number of anilines is 1. The van der Waals surface area contributed by atoms with E-state index >= 15 is 0 Å². The van der Waals surface area contributed by atoms with Gasteiger partial charge in [-0.1, -0.05) is 36.4 Å². The molecule has 6 heteroatoms. The third-order valence-electron chi connectivity index (χ3n) is 2.87. The highest BCUT2D eigenvalue weighted by molar-refractivity contribution is 5.42. The van der Waals surface area contributed by atoms with Crippen LogP contribution in [0.25, 0.3) is 0 Å². The third kappa shape index (κ3) is 3.11. The summed E-state index contributed by atoms with van der Waals surface area (Å²) in [4.78, 5) is 11.8. The van der Waals surface area contributed by atoms with Crippen LogP contribution in [0.15, 0.2) is 65.5 Å². The van der Waals surface area contributed by atoms with Crippen molar-refractivity contribution in [1.82, 2.24) is 14.9 Å². The van der Waals surface area contributed by atoms with E-state index in [0.29, 0.717) is 5.82 Å². The van der Waals surface area contributed by atoms with Crippen molar-refractivity contribution in [3.8, 4) is 5.75 Å². The van der Waals surface area contributed by atoms with E-state index in [4.69, 9.17) is 4.74 Å². The first kappa shape index (κ1) is 13.0. The van der Waals surface area contributed by atoms with Crippen LogP contribution in [0.5, 0.6) is 5.75 Å². The lowest BCUT2D eigenvalue weighted by atomic mass is 10.3. The van der Waals surface area contributed by atoms with Crippen molar-refractivity contribution in [3.63, 3.8) is 0 Å². The summed E-state index contributed by atoms with van der Waals surface area (Å²) >= 11 is 0. The summed E-state index contributed by atoms with van der Waals surface area (Å²) in [6, 6.07) is 18.8. The van der Waals surface area contributed by atoms with Crippen molar-refractivity contribution in [3.05, 3.63) is 77.0 Å². The van der Waals surface area contributed by atoms with Gasteiger partial charge >= 0.3 is 5.69 Å². The van der Waals surface area contributed by atoms with E-state index in [-0.39, 0.29) is 12.3 Å². The first-order valence-corrected chi connectivity index (χ1v) is 6.49. The summed E-state index contributed by atoms with van der Waals surface area (Å²) in [5, 5.41) is 6.37. The SMILES string of the molecule is O=c1[nH]nc(COc2ccccc2)n1Nc1ccccc1. The Labute approximate surface area is 121 Å². The Hall–Kier alpha value is -3.02. The van der Waals surface area contributed by atoms with Gasteiger partial charge in [0.1, 0.15) is 12.4 Å². The summed E-state index contributed by atoms with van der Waals surface area (Å²) in [6.07, 6.45) is 0. The summed E-state index contributed by atoms with van der Waals surface area (Å²) in [5.74, 6) is 1.19. The highest BCUT2D eigenvalue weighted by Crippen LogP contribution is 2.10. The fourth-order valence-electron chi connectivity index (χ4n) is 1.85. The van der Waals surface area contributed by atoms with Crippen molar-refractivity contribution in [2.45, 2.75) is 6.61 Å². The molecule has 0 unspecified atom stereocenters. The van der Waals surface area contributed by atoms with Crippen molar-refractivity contribution < 1.29 is 4.74 Å². The normalized spacial score (nSPS) is 10.3. The molecule has 0 amide bonds. The maximum atomic E-state index is 11.8. The monoisotopic (exact) mass is 282 g/mol. The van der Waals surface area contributed by atoms with Gasteiger partial charge in [-0.05, 0) is 24.3 Å². The average Bonchev–Trinajstić information content (AvgIpc) is 2.88. The van der Waals surface area contributed by atoms with Gasteiger partial charge in [-0.25, -0.2) is 9.89 Å². The highest BCUT2D eigenvalue weighted by atomic mass is 16.5. The lowest BCUT2D eigenvalue weighted by Crippen LogP contribution is -2.26. The summed E-state index contributed by atoms with van der Waals surface area (Å²) < 4.78 is 6.93. The van der Waals surface area contributed by atoms with Gasteiger partial charge in [0.2, 0.25) is 0 Å². The molecule has 0 saturated carbocycles. The number of aromatic amines is 1. The number of nitrogens with one attached hydrogen (secondary N) is 2. The van der Waals surface area contributed by atoms with Crippen LogP contribution in [0.2, 0.25) is 0 Å². The number of H-pyrrole nitrogens is 1. The van der Waals surface area contributed by atoms with Crippen molar-refractivity contribution in [2.24, 2.45) is 0 Å². The van der Waals surface area contributed by atoms with Crippen LogP contribution in [-0.2, 0) is 6.61 Å². The van der Waals surface area contributed by atoms with E-state index in [1.165, 1.54) is 4.68 Å². The fourth-order valence-corrected chi connectivity index (χ4v) is 1.85.